The van der Waals surface area contributed by atoms with Crippen molar-refractivity contribution in [1.82, 2.24) is 14.5 Å². The summed E-state index contributed by atoms with van der Waals surface area (Å²) in [4.78, 5) is 21.5. The van der Waals surface area contributed by atoms with Gasteiger partial charge in [0.05, 0.1) is 4.90 Å². The maximum atomic E-state index is 12.9. The highest BCUT2D eigenvalue weighted by atomic mass is 32.2. The molecule has 4 aromatic rings. The van der Waals surface area contributed by atoms with Gasteiger partial charge in [-0.3, -0.25) is 14.7 Å². The van der Waals surface area contributed by atoms with Crippen LogP contribution in [0, 0.1) is 6.92 Å². The molecule has 0 aliphatic carbocycles. The summed E-state index contributed by atoms with van der Waals surface area (Å²) >= 11 is 0. The highest BCUT2D eigenvalue weighted by Gasteiger charge is 2.22. The number of nitrogens with zero attached hydrogens (tertiary/aromatic N) is 2. The van der Waals surface area contributed by atoms with Crippen molar-refractivity contribution in [1.29, 1.82) is 0 Å². The first-order valence-electron chi connectivity index (χ1n) is 14.3. The first-order valence-corrected chi connectivity index (χ1v) is 15.8. The van der Waals surface area contributed by atoms with Gasteiger partial charge in [0.1, 0.15) is 0 Å². The molecule has 0 atom stereocenters. The molecule has 3 aromatic carbocycles. The molecule has 11 heteroatoms. The smallest absolute Gasteiger partial charge is 0.290 e. The van der Waals surface area contributed by atoms with Gasteiger partial charge in [-0.15, -0.1) is 0 Å². The molecule has 0 saturated heterocycles. The van der Waals surface area contributed by atoms with E-state index in [4.69, 9.17) is 9.90 Å². The Labute approximate surface area is 259 Å². The van der Waals surface area contributed by atoms with Gasteiger partial charge in [-0.05, 0) is 105 Å². The van der Waals surface area contributed by atoms with E-state index in [0.717, 1.165) is 29.1 Å². The van der Waals surface area contributed by atoms with Gasteiger partial charge in [-0.1, -0.05) is 32.0 Å². The van der Waals surface area contributed by atoms with Gasteiger partial charge in [-0.25, -0.2) is 8.42 Å². The zero-order chi connectivity index (χ0) is 32.4. The van der Waals surface area contributed by atoms with Gasteiger partial charge < -0.3 is 15.7 Å². The largest absolute Gasteiger partial charge is 0.483 e. The van der Waals surface area contributed by atoms with Crippen LogP contribution in [-0.2, 0) is 27.7 Å². The SMILES string of the molecule is Cc1cc(NC(=O)c2cccc(CCc3cc(Nc4ccc(S(=O)(=O)N(C)C(C)C)cc4)n[nH]3)c2)ccc1C(C)C.O=CO. The number of amides is 1. The van der Waals surface area contributed by atoms with Crippen LogP contribution >= 0.6 is 0 Å². The Morgan fingerprint density at radius 3 is 2.25 bits per heavy atom. The maximum absolute atomic E-state index is 12.9. The van der Waals surface area contributed by atoms with E-state index in [2.05, 4.69) is 47.7 Å². The molecule has 0 bridgehead atoms. The number of carboxylic acid groups (broad SMARTS) is 1. The molecule has 4 N–H and O–H groups in total. The van der Waals surface area contributed by atoms with Crippen LogP contribution in [0.5, 0.6) is 0 Å². The van der Waals surface area contributed by atoms with E-state index < -0.39 is 10.0 Å². The van der Waals surface area contributed by atoms with E-state index in [0.29, 0.717) is 23.7 Å². The molecule has 10 nitrogen and oxygen atoms in total. The lowest BCUT2D eigenvalue weighted by Gasteiger charge is -2.21. The van der Waals surface area contributed by atoms with Gasteiger partial charge in [0.2, 0.25) is 10.0 Å². The van der Waals surface area contributed by atoms with Crippen molar-refractivity contribution in [2.45, 2.75) is 64.3 Å². The summed E-state index contributed by atoms with van der Waals surface area (Å²) < 4.78 is 26.7. The van der Waals surface area contributed by atoms with E-state index in [1.165, 1.54) is 15.4 Å². The molecule has 1 amide bonds. The summed E-state index contributed by atoms with van der Waals surface area (Å²) in [5, 5.41) is 20.5. The third-order valence-corrected chi connectivity index (χ3v) is 9.23. The number of aryl methyl sites for hydroxylation is 3. The zero-order valence-electron chi connectivity index (χ0n) is 26.0. The standard InChI is InChI=1S/C32H39N5O3S.CH2O2/c1-21(2)30-17-14-27(18-23(30)5)34-32(38)25-9-7-8-24(19-25)10-11-28-20-31(36-35-28)33-26-12-15-29(16-13-26)41(39,40)37(6)22(3)4;2-1-3/h7-9,12-22H,10-11H2,1-6H3,(H,34,38)(H2,33,35,36);1H,(H,2,3). The Kier molecular flexibility index (Phi) is 11.8. The fraction of sp³-hybridized carbons (Fsp3) is 0.303. The van der Waals surface area contributed by atoms with E-state index in [1.54, 1.807) is 31.3 Å². The molecule has 234 valence electrons. The zero-order valence-corrected chi connectivity index (χ0v) is 26.8. The molecular formula is C33H41N5O5S. The van der Waals surface area contributed by atoms with Crippen molar-refractivity contribution in [3.05, 3.63) is 101 Å². The molecule has 0 spiro atoms. The monoisotopic (exact) mass is 619 g/mol. The van der Waals surface area contributed by atoms with Crippen LogP contribution in [0.15, 0.2) is 77.7 Å². The summed E-state index contributed by atoms with van der Waals surface area (Å²) in [5.41, 5.74) is 6.59. The van der Waals surface area contributed by atoms with E-state index in [-0.39, 0.29) is 23.3 Å². The lowest BCUT2D eigenvalue weighted by Crippen LogP contribution is -2.32. The number of hydrogen-bond acceptors (Lipinski definition) is 6. The molecule has 0 radical (unpaired) electrons. The number of sulfonamides is 1. The minimum Gasteiger partial charge on any atom is -0.483 e. The fourth-order valence-electron chi connectivity index (χ4n) is 4.61. The van der Waals surface area contributed by atoms with Crippen LogP contribution in [0.1, 0.15) is 66.4 Å². The van der Waals surface area contributed by atoms with E-state index >= 15 is 0 Å². The molecule has 0 aliphatic heterocycles. The molecule has 44 heavy (non-hydrogen) atoms. The number of rotatable bonds is 11. The number of aromatic nitrogens is 2. The fourth-order valence-corrected chi connectivity index (χ4v) is 5.97. The normalized spacial score (nSPS) is 11.3. The van der Waals surface area contributed by atoms with Gasteiger partial charge in [0.15, 0.2) is 5.82 Å². The molecule has 0 saturated carbocycles. The van der Waals surface area contributed by atoms with Crippen molar-refractivity contribution in [3.63, 3.8) is 0 Å². The van der Waals surface area contributed by atoms with Crippen LogP contribution < -0.4 is 10.6 Å². The number of anilines is 3. The van der Waals surface area contributed by atoms with Crippen LogP contribution in [0.3, 0.4) is 0 Å². The number of carbonyl (C=O) groups is 2. The van der Waals surface area contributed by atoms with Crippen molar-refractivity contribution < 1.29 is 23.1 Å². The predicted molar refractivity (Wildman–Crippen MR) is 174 cm³/mol. The number of carbonyl (C=O) groups excluding carboxylic acids is 1. The second-order valence-corrected chi connectivity index (χ2v) is 13.0. The van der Waals surface area contributed by atoms with Crippen LogP contribution in [0.25, 0.3) is 0 Å². The summed E-state index contributed by atoms with van der Waals surface area (Å²) in [5.74, 6) is 0.945. The number of hydrogen-bond donors (Lipinski definition) is 4. The molecule has 0 unspecified atom stereocenters. The lowest BCUT2D eigenvalue weighted by atomic mass is 9.97. The second kappa shape index (κ2) is 15.3. The molecule has 0 aliphatic rings. The minimum atomic E-state index is -3.53. The lowest BCUT2D eigenvalue weighted by molar-refractivity contribution is -0.122. The number of benzene rings is 3. The third-order valence-electron chi connectivity index (χ3n) is 7.18. The Morgan fingerprint density at radius 2 is 1.64 bits per heavy atom. The summed E-state index contributed by atoms with van der Waals surface area (Å²) in [6.45, 7) is 9.82. The Bertz CT molecular complexity index is 1660. The van der Waals surface area contributed by atoms with Crippen molar-refractivity contribution in [2.24, 2.45) is 0 Å². The molecular weight excluding hydrogens is 578 g/mol. The van der Waals surface area contributed by atoms with Crippen molar-refractivity contribution in [2.75, 3.05) is 17.7 Å². The molecule has 0 fully saturated rings. The van der Waals surface area contributed by atoms with Crippen molar-refractivity contribution >= 4 is 39.6 Å². The minimum absolute atomic E-state index is 0.128. The van der Waals surface area contributed by atoms with E-state index in [9.17, 15) is 13.2 Å². The van der Waals surface area contributed by atoms with Crippen LogP contribution in [0.4, 0.5) is 17.2 Å². The Balaban J connectivity index is 0.00000169. The van der Waals surface area contributed by atoms with E-state index in [1.807, 2.05) is 56.3 Å². The summed E-state index contributed by atoms with van der Waals surface area (Å²) in [7, 11) is -1.95. The topological polar surface area (TPSA) is 144 Å². The average Bonchev–Trinajstić information content (AvgIpc) is 3.43. The first kappa shape index (κ1) is 34.0. The molecule has 4 rings (SSSR count). The number of aromatic amines is 1. The van der Waals surface area contributed by atoms with Gasteiger partial charge in [0.25, 0.3) is 12.4 Å². The second-order valence-electron chi connectivity index (χ2n) is 11.0. The van der Waals surface area contributed by atoms with Crippen molar-refractivity contribution in [3.8, 4) is 0 Å². The first-order chi connectivity index (χ1) is 20.8. The maximum Gasteiger partial charge on any atom is 0.290 e. The van der Waals surface area contributed by atoms with Gasteiger partial charge in [-0.2, -0.15) is 9.40 Å². The number of nitrogens with one attached hydrogen (secondary N) is 3. The summed E-state index contributed by atoms with van der Waals surface area (Å²) in [6.07, 6.45) is 1.45. The highest BCUT2D eigenvalue weighted by molar-refractivity contribution is 7.89. The third kappa shape index (κ3) is 9.01. The Morgan fingerprint density at radius 1 is 0.977 bits per heavy atom. The number of H-pyrrole nitrogens is 1. The predicted octanol–water partition coefficient (Wildman–Crippen LogP) is 6.35. The highest BCUT2D eigenvalue weighted by Crippen LogP contribution is 2.24. The average molecular weight is 620 g/mol. The van der Waals surface area contributed by atoms with Gasteiger partial charge >= 0.3 is 0 Å². The molecule has 1 heterocycles. The Hall–Kier alpha value is -4.48. The quantitative estimate of drug-likeness (QED) is 0.143. The summed E-state index contributed by atoms with van der Waals surface area (Å²) in [6, 6.07) is 22.1. The molecule has 1 aromatic heterocycles. The van der Waals surface area contributed by atoms with Gasteiger partial charge in [0, 0.05) is 41.8 Å². The van der Waals surface area contributed by atoms with Crippen LogP contribution in [0.2, 0.25) is 0 Å². The van der Waals surface area contributed by atoms with Crippen LogP contribution in [-0.4, -0.2) is 53.5 Å².